The van der Waals surface area contributed by atoms with Crippen LogP contribution in [-0.4, -0.2) is 35.3 Å². The molecule has 0 aliphatic carbocycles. The van der Waals surface area contributed by atoms with Gasteiger partial charge in [-0.2, -0.15) is 0 Å². The minimum absolute atomic E-state index is 0.0393. The molecule has 19 heavy (non-hydrogen) atoms. The van der Waals surface area contributed by atoms with Crippen LogP contribution in [0.15, 0.2) is 18.3 Å². The lowest BCUT2D eigenvalue weighted by molar-refractivity contribution is 0.230. The Morgan fingerprint density at radius 3 is 2.63 bits per heavy atom. The smallest absolute Gasteiger partial charge is 0.128 e. The second-order valence-corrected chi connectivity index (χ2v) is 5.93. The molecule has 1 fully saturated rings. The zero-order chi connectivity index (χ0) is 13.7. The summed E-state index contributed by atoms with van der Waals surface area (Å²) in [5, 5.41) is 12.5. The molecule has 1 saturated heterocycles. The number of rotatable bonds is 6. The number of pyridine rings is 1. The van der Waals surface area contributed by atoms with E-state index in [0.29, 0.717) is 0 Å². The predicted molar refractivity (Wildman–Crippen MR) is 78.3 cm³/mol. The Hall–Kier alpha value is -1.13. The molecule has 106 valence electrons. The van der Waals surface area contributed by atoms with Crippen molar-refractivity contribution in [3.8, 4) is 0 Å². The van der Waals surface area contributed by atoms with Crippen LogP contribution >= 0.6 is 0 Å². The molecule has 0 radical (unpaired) electrons. The van der Waals surface area contributed by atoms with Crippen LogP contribution in [0.2, 0.25) is 0 Å². The van der Waals surface area contributed by atoms with Gasteiger partial charge in [0.25, 0.3) is 0 Å². The average Bonchev–Trinajstić information content (AvgIpc) is 2.91. The molecule has 4 heteroatoms. The first kappa shape index (κ1) is 14.3. The van der Waals surface area contributed by atoms with Crippen LogP contribution in [0.4, 0.5) is 5.82 Å². The van der Waals surface area contributed by atoms with E-state index in [-0.39, 0.29) is 12.1 Å². The maximum Gasteiger partial charge on any atom is 0.128 e. The number of aliphatic hydroxyl groups is 1. The van der Waals surface area contributed by atoms with E-state index < -0.39 is 0 Å². The van der Waals surface area contributed by atoms with E-state index in [2.05, 4.69) is 41.2 Å². The first-order valence-electron chi connectivity index (χ1n) is 7.16. The highest BCUT2D eigenvalue weighted by molar-refractivity contribution is 5.40. The molecule has 0 bridgehead atoms. The van der Waals surface area contributed by atoms with Crippen molar-refractivity contribution in [2.45, 2.75) is 45.2 Å². The largest absolute Gasteiger partial charge is 0.396 e. The summed E-state index contributed by atoms with van der Waals surface area (Å²) in [7, 11) is 0. The minimum Gasteiger partial charge on any atom is -0.396 e. The van der Waals surface area contributed by atoms with Crippen molar-refractivity contribution in [2.75, 3.05) is 24.6 Å². The predicted octanol–water partition coefficient (Wildman–Crippen LogP) is 1.93. The molecule has 1 aliphatic rings. The van der Waals surface area contributed by atoms with Crippen LogP contribution in [0.5, 0.6) is 0 Å². The summed E-state index contributed by atoms with van der Waals surface area (Å²) in [6, 6.07) is 4.25. The van der Waals surface area contributed by atoms with E-state index >= 15 is 0 Å². The van der Waals surface area contributed by atoms with Crippen molar-refractivity contribution in [3.05, 3.63) is 23.9 Å². The third-order valence-corrected chi connectivity index (χ3v) is 3.75. The Kier molecular flexibility index (Phi) is 4.77. The first-order valence-corrected chi connectivity index (χ1v) is 7.16. The molecule has 2 rings (SSSR count). The summed E-state index contributed by atoms with van der Waals surface area (Å²) in [5.41, 5.74) is 1.15. The standard InChI is InChI=1S/C15H25N3O/c1-15(2,7-10-19)17-12-13-5-6-14(16-11-13)18-8-3-4-9-18/h5-6,11,17,19H,3-4,7-10,12H2,1-2H3. The van der Waals surface area contributed by atoms with E-state index in [1.165, 1.54) is 18.4 Å². The lowest BCUT2D eigenvalue weighted by Crippen LogP contribution is -2.39. The summed E-state index contributed by atoms with van der Waals surface area (Å²) in [4.78, 5) is 6.88. The van der Waals surface area contributed by atoms with Gasteiger partial charge in [0, 0.05) is 38.0 Å². The van der Waals surface area contributed by atoms with Crippen molar-refractivity contribution >= 4 is 5.82 Å². The number of hydrogen-bond acceptors (Lipinski definition) is 4. The Bertz CT molecular complexity index is 383. The van der Waals surface area contributed by atoms with Gasteiger partial charge in [-0.1, -0.05) is 6.07 Å². The third-order valence-electron chi connectivity index (χ3n) is 3.75. The second-order valence-electron chi connectivity index (χ2n) is 5.93. The zero-order valence-electron chi connectivity index (χ0n) is 12.0. The summed E-state index contributed by atoms with van der Waals surface area (Å²) in [6.45, 7) is 7.49. The molecule has 1 aromatic rings. The van der Waals surface area contributed by atoms with Gasteiger partial charge in [0.2, 0.25) is 0 Å². The number of nitrogens with zero attached hydrogens (tertiary/aromatic N) is 2. The van der Waals surface area contributed by atoms with Crippen molar-refractivity contribution in [3.63, 3.8) is 0 Å². The van der Waals surface area contributed by atoms with Gasteiger partial charge in [-0.05, 0) is 44.7 Å². The van der Waals surface area contributed by atoms with E-state index in [1.807, 2.05) is 6.20 Å². The van der Waals surface area contributed by atoms with Gasteiger partial charge < -0.3 is 15.3 Å². The number of hydrogen-bond donors (Lipinski definition) is 2. The van der Waals surface area contributed by atoms with Gasteiger partial charge in [0.1, 0.15) is 5.82 Å². The minimum atomic E-state index is -0.0393. The third kappa shape index (κ3) is 4.18. The summed E-state index contributed by atoms with van der Waals surface area (Å²) < 4.78 is 0. The summed E-state index contributed by atoms with van der Waals surface area (Å²) >= 11 is 0. The fourth-order valence-electron chi connectivity index (χ4n) is 2.36. The van der Waals surface area contributed by atoms with Gasteiger partial charge in [-0.3, -0.25) is 0 Å². The highest BCUT2D eigenvalue weighted by Gasteiger charge is 2.16. The lowest BCUT2D eigenvalue weighted by Gasteiger charge is -2.25. The normalized spacial score (nSPS) is 16.1. The second kappa shape index (κ2) is 6.35. The maximum atomic E-state index is 9.00. The molecule has 0 amide bonds. The Balaban J connectivity index is 1.88. The molecular weight excluding hydrogens is 238 g/mol. The van der Waals surface area contributed by atoms with Gasteiger partial charge in [-0.25, -0.2) is 4.98 Å². The van der Waals surface area contributed by atoms with Gasteiger partial charge in [0.05, 0.1) is 0 Å². The molecule has 0 aromatic carbocycles. The summed E-state index contributed by atoms with van der Waals surface area (Å²) in [6.07, 6.45) is 5.27. The van der Waals surface area contributed by atoms with Crippen molar-refractivity contribution in [1.29, 1.82) is 0 Å². The molecular formula is C15H25N3O. The van der Waals surface area contributed by atoms with E-state index in [1.54, 1.807) is 0 Å². The molecule has 0 spiro atoms. The number of aliphatic hydroxyl groups excluding tert-OH is 1. The highest BCUT2D eigenvalue weighted by atomic mass is 16.3. The molecule has 2 N–H and O–H groups in total. The monoisotopic (exact) mass is 263 g/mol. The topological polar surface area (TPSA) is 48.4 Å². The van der Waals surface area contributed by atoms with Crippen LogP contribution in [0.25, 0.3) is 0 Å². The number of nitrogens with one attached hydrogen (secondary N) is 1. The van der Waals surface area contributed by atoms with Gasteiger partial charge >= 0.3 is 0 Å². The number of aromatic nitrogens is 1. The quantitative estimate of drug-likeness (QED) is 0.823. The molecule has 1 aromatic heterocycles. The zero-order valence-corrected chi connectivity index (χ0v) is 12.0. The van der Waals surface area contributed by atoms with Crippen LogP contribution in [0.1, 0.15) is 38.7 Å². The van der Waals surface area contributed by atoms with Crippen molar-refractivity contribution < 1.29 is 5.11 Å². The molecule has 4 nitrogen and oxygen atoms in total. The van der Waals surface area contributed by atoms with Crippen molar-refractivity contribution in [1.82, 2.24) is 10.3 Å². The average molecular weight is 263 g/mol. The Labute approximate surface area is 115 Å². The molecule has 1 aliphatic heterocycles. The SMILES string of the molecule is CC(C)(CCO)NCc1ccc(N2CCCC2)nc1. The van der Waals surface area contributed by atoms with Crippen LogP contribution in [0, 0.1) is 0 Å². The fourth-order valence-corrected chi connectivity index (χ4v) is 2.36. The van der Waals surface area contributed by atoms with Crippen LogP contribution < -0.4 is 10.2 Å². The molecule has 2 heterocycles. The van der Waals surface area contributed by atoms with Gasteiger partial charge in [-0.15, -0.1) is 0 Å². The fraction of sp³-hybridized carbons (Fsp3) is 0.667. The van der Waals surface area contributed by atoms with E-state index in [4.69, 9.17) is 5.11 Å². The molecule has 0 atom stereocenters. The highest BCUT2D eigenvalue weighted by Crippen LogP contribution is 2.18. The van der Waals surface area contributed by atoms with Crippen molar-refractivity contribution in [2.24, 2.45) is 0 Å². The maximum absolute atomic E-state index is 9.00. The van der Waals surface area contributed by atoms with Crippen LogP contribution in [0.3, 0.4) is 0 Å². The molecule has 0 unspecified atom stereocenters. The van der Waals surface area contributed by atoms with E-state index in [9.17, 15) is 0 Å². The first-order chi connectivity index (χ1) is 9.11. The molecule has 0 saturated carbocycles. The van der Waals surface area contributed by atoms with E-state index in [0.717, 1.165) is 31.9 Å². The summed E-state index contributed by atoms with van der Waals surface area (Å²) in [5.74, 6) is 1.09. The Morgan fingerprint density at radius 1 is 1.32 bits per heavy atom. The Morgan fingerprint density at radius 2 is 2.05 bits per heavy atom. The number of anilines is 1. The lowest BCUT2D eigenvalue weighted by atomic mass is 10.0. The van der Waals surface area contributed by atoms with Gasteiger partial charge in [0.15, 0.2) is 0 Å². The van der Waals surface area contributed by atoms with Crippen LogP contribution in [-0.2, 0) is 6.54 Å².